The minimum absolute atomic E-state index is 0.0241. The summed E-state index contributed by atoms with van der Waals surface area (Å²) in [7, 11) is 0. The summed E-state index contributed by atoms with van der Waals surface area (Å²) in [4.78, 5) is 15.9. The molecule has 96 valence electrons. The molecule has 1 heterocycles. The van der Waals surface area contributed by atoms with E-state index >= 15 is 0 Å². The summed E-state index contributed by atoms with van der Waals surface area (Å²) in [5, 5.41) is 11.4. The second-order valence-corrected chi connectivity index (χ2v) is 4.07. The molecule has 0 aliphatic carbocycles. The van der Waals surface area contributed by atoms with Crippen LogP contribution in [0.4, 0.5) is 5.82 Å². The molecule has 1 amide bonds. The van der Waals surface area contributed by atoms with Gasteiger partial charge in [-0.2, -0.15) is 0 Å². The van der Waals surface area contributed by atoms with Gasteiger partial charge >= 0.3 is 0 Å². The number of hydrogen-bond donors (Lipinski definition) is 2. The lowest BCUT2D eigenvalue weighted by atomic mass is 10.1. The number of aliphatic hydroxyl groups is 1. The zero-order chi connectivity index (χ0) is 13.4. The summed E-state index contributed by atoms with van der Waals surface area (Å²) in [6.45, 7) is 3.76. The topological polar surface area (TPSA) is 62.2 Å². The summed E-state index contributed by atoms with van der Waals surface area (Å²) in [5.41, 5.74) is 0.720. The highest BCUT2D eigenvalue weighted by molar-refractivity contribution is 5.91. The molecule has 0 aromatic carbocycles. The minimum atomic E-state index is -0.183. The molecule has 0 saturated carbocycles. The maximum Gasteiger partial charge on any atom is 0.228 e. The third-order valence-electron chi connectivity index (χ3n) is 2.49. The Balaban J connectivity index is 2.70. The van der Waals surface area contributed by atoms with Crippen molar-refractivity contribution in [2.24, 2.45) is 5.92 Å². The van der Waals surface area contributed by atoms with E-state index in [1.807, 2.05) is 13.8 Å². The Kier molecular flexibility index (Phi) is 5.89. The maximum atomic E-state index is 11.8. The van der Waals surface area contributed by atoms with Crippen LogP contribution in [0.25, 0.3) is 0 Å². The van der Waals surface area contributed by atoms with Crippen molar-refractivity contribution in [2.75, 3.05) is 11.9 Å². The number of nitrogens with one attached hydrogen (secondary N) is 1. The third kappa shape index (κ3) is 4.56. The largest absolute Gasteiger partial charge is 0.384 e. The molecular formula is C14H18N2O2. The number of carbonyl (C=O) groups is 1. The second-order valence-electron chi connectivity index (χ2n) is 4.07. The van der Waals surface area contributed by atoms with Crippen molar-refractivity contribution in [1.82, 2.24) is 4.98 Å². The van der Waals surface area contributed by atoms with Crippen LogP contribution >= 0.6 is 0 Å². The van der Waals surface area contributed by atoms with Gasteiger partial charge in [0.05, 0.1) is 0 Å². The van der Waals surface area contributed by atoms with Gasteiger partial charge in [0.25, 0.3) is 0 Å². The summed E-state index contributed by atoms with van der Waals surface area (Å²) in [6, 6.07) is 3.42. The molecule has 1 rings (SSSR count). The van der Waals surface area contributed by atoms with Gasteiger partial charge in [-0.15, -0.1) is 0 Å². The Hall–Kier alpha value is -1.86. The molecule has 1 aromatic heterocycles. The van der Waals surface area contributed by atoms with Gasteiger partial charge in [0.15, 0.2) is 0 Å². The van der Waals surface area contributed by atoms with E-state index in [-0.39, 0.29) is 18.4 Å². The molecule has 0 bridgehead atoms. The fraction of sp³-hybridized carbons (Fsp3) is 0.429. The predicted octanol–water partition coefficient (Wildman–Crippen LogP) is 1.80. The molecule has 0 saturated heterocycles. The lowest BCUT2D eigenvalue weighted by Gasteiger charge is -2.10. The van der Waals surface area contributed by atoms with E-state index in [4.69, 9.17) is 5.11 Å². The van der Waals surface area contributed by atoms with Crippen LogP contribution in [0, 0.1) is 17.8 Å². The van der Waals surface area contributed by atoms with Crippen LogP contribution in [0.2, 0.25) is 0 Å². The normalized spacial score (nSPS) is 11.3. The van der Waals surface area contributed by atoms with Gasteiger partial charge in [0.2, 0.25) is 5.91 Å². The van der Waals surface area contributed by atoms with Crippen molar-refractivity contribution < 1.29 is 9.90 Å². The Morgan fingerprint density at radius 2 is 2.39 bits per heavy atom. The molecule has 1 aromatic rings. The molecule has 0 radical (unpaired) electrons. The highest BCUT2D eigenvalue weighted by Gasteiger charge is 2.12. The Morgan fingerprint density at radius 3 is 3.06 bits per heavy atom. The van der Waals surface area contributed by atoms with E-state index in [1.54, 1.807) is 18.3 Å². The van der Waals surface area contributed by atoms with Crippen LogP contribution in [0.5, 0.6) is 0 Å². The van der Waals surface area contributed by atoms with Gasteiger partial charge in [0, 0.05) is 17.7 Å². The fourth-order valence-corrected chi connectivity index (χ4v) is 1.53. The van der Waals surface area contributed by atoms with Crippen molar-refractivity contribution in [3.8, 4) is 11.8 Å². The van der Waals surface area contributed by atoms with E-state index in [0.717, 1.165) is 18.4 Å². The van der Waals surface area contributed by atoms with Crippen LogP contribution in [0.3, 0.4) is 0 Å². The highest BCUT2D eigenvalue weighted by atomic mass is 16.2. The van der Waals surface area contributed by atoms with Crippen LogP contribution in [0.1, 0.15) is 32.3 Å². The molecule has 1 atom stereocenters. The first-order valence-corrected chi connectivity index (χ1v) is 6.04. The first kappa shape index (κ1) is 14.2. The quantitative estimate of drug-likeness (QED) is 0.796. The van der Waals surface area contributed by atoms with E-state index in [2.05, 4.69) is 22.1 Å². The van der Waals surface area contributed by atoms with Crippen LogP contribution < -0.4 is 5.32 Å². The molecule has 18 heavy (non-hydrogen) atoms. The number of hydrogen-bond acceptors (Lipinski definition) is 3. The van der Waals surface area contributed by atoms with Gasteiger partial charge in [-0.1, -0.05) is 32.1 Å². The number of rotatable bonds is 4. The highest BCUT2D eigenvalue weighted by Crippen LogP contribution is 2.10. The van der Waals surface area contributed by atoms with E-state index < -0.39 is 0 Å². The molecule has 0 aliphatic heterocycles. The monoisotopic (exact) mass is 246 g/mol. The number of pyridine rings is 1. The van der Waals surface area contributed by atoms with Crippen molar-refractivity contribution in [3.05, 3.63) is 23.9 Å². The number of carbonyl (C=O) groups excluding carboxylic acids is 1. The van der Waals surface area contributed by atoms with Gasteiger partial charge in [-0.3, -0.25) is 4.79 Å². The number of aliphatic hydroxyl groups excluding tert-OH is 1. The summed E-state index contributed by atoms with van der Waals surface area (Å²) in [5.74, 6) is 5.76. The first-order valence-electron chi connectivity index (χ1n) is 6.04. The number of nitrogens with zero attached hydrogens (tertiary/aromatic N) is 1. The number of anilines is 1. The van der Waals surface area contributed by atoms with Crippen molar-refractivity contribution in [1.29, 1.82) is 0 Å². The Morgan fingerprint density at radius 1 is 1.61 bits per heavy atom. The molecule has 4 nitrogen and oxygen atoms in total. The summed E-state index contributed by atoms with van der Waals surface area (Å²) < 4.78 is 0. The lowest BCUT2D eigenvalue weighted by Crippen LogP contribution is -2.20. The van der Waals surface area contributed by atoms with Crippen molar-refractivity contribution >= 4 is 11.7 Å². The van der Waals surface area contributed by atoms with Gasteiger partial charge in [0.1, 0.15) is 12.4 Å². The summed E-state index contributed by atoms with van der Waals surface area (Å²) in [6.07, 6.45) is 3.42. The van der Waals surface area contributed by atoms with Gasteiger partial charge < -0.3 is 10.4 Å². The first-order chi connectivity index (χ1) is 8.67. The number of amides is 1. The molecule has 2 N–H and O–H groups in total. The van der Waals surface area contributed by atoms with E-state index in [0.29, 0.717) is 5.82 Å². The van der Waals surface area contributed by atoms with E-state index in [9.17, 15) is 4.79 Å². The zero-order valence-electron chi connectivity index (χ0n) is 10.7. The second kappa shape index (κ2) is 7.46. The predicted molar refractivity (Wildman–Crippen MR) is 70.9 cm³/mol. The van der Waals surface area contributed by atoms with Crippen molar-refractivity contribution in [3.63, 3.8) is 0 Å². The molecular weight excluding hydrogens is 228 g/mol. The maximum absolute atomic E-state index is 11.8. The third-order valence-corrected chi connectivity index (χ3v) is 2.49. The standard InChI is InChI=1S/C14H18N2O2/c1-3-5-11(2)14(18)16-13-10-12(6-4-9-17)7-8-15-13/h7-8,10-11,17H,3,5,9H2,1-2H3,(H,15,16,18). The molecule has 0 fully saturated rings. The Labute approximate surface area is 107 Å². The van der Waals surface area contributed by atoms with Crippen LogP contribution in [0.15, 0.2) is 18.3 Å². The molecule has 4 heteroatoms. The zero-order valence-corrected chi connectivity index (χ0v) is 10.7. The van der Waals surface area contributed by atoms with Gasteiger partial charge in [-0.05, 0) is 18.6 Å². The smallest absolute Gasteiger partial charge is 0.228 e. The van der Waals surface area contributed by atoms with E-state index in [1.165, 1.54) is 0 Å². The molecule has 1 unspecified atom stereocenters. The van der Waals surface area contributed by atoms with Crippen LogP contribution in [-0.4, -0.2) is 22.6 Å². The van der Waals surface area contributed by atoms with Crippen molar-refractivity contribution in [2.45, 2.75) is 26.7 Å². The molecule has 0 spiro atoms. The van der Waals surface area contributed by atoms with Gasteiger partial charge in [-0.25, -0.2) is 4.98 Å². The number of aromatic nitrogens is 1. The summed E-state index contributed by atoms with van der Waals surface area (Å²) >= 11 is 0. The van der Waals surface area contributed by atoms with Crippen LogP contribution in [-0.2, 0) is 4.79 Å². The molecule has 0 aliphatic rings. The lowest BCUT2D eigenvalue weighted by molar-refractivity contribution is -0.119. The SMILES string of the molecule is CCCC(C)C(=O)Nc1cc(C#CCO)ccn1. The fourth-order valence-electron chi connectivity index (χ4n) is 1.53. The average Bonchev–Trinajstić information content (AvgIpc) is 2.37. The average molecular weight is 246 g/mol. The minimum Gasteiger partial charge on any atom is -0.384 e. The Bertz CT molecular complexity index is 460.